The third kappa shape index (κ3) is 3.51. The summed E-state index contributed by atoms with van der Waals surface area (Å²) in [5.74, 6) is -2.57. The molecule has 1 atom stereocenters. The molecule has 0 aliphatic rings. The highest BCUT2D eigenvalue weighted by Gasteiger charge is 2.20. The zero-order chi connectivity index (χ0) is 15.4. The molecule has 0 saturated heterocycles. The number of aliphatic carboxylic acids is 2. The minimum atomic E-state index is -0.986. The summed E-state index contributed by atoms with van der Waals surface area (Å²) in [6.45, 7) is 1.49. The van der Waals surface area contributed by atoms with Gasteiger partial charge in [0.05, 0.1) is 5.92 Å². The van der Waals surface area contributed by atoms with Crippen molar-refractivity contribution in [1.29, 1.82) is 0 Å². The molecule has 0 aliphatic carbocycles. The minimum absolute atomic E-state index is 0.148. The summed E-state index contributed by atoms with van der Waals surface area (Å²) in [5.41, 5.74) is 0.739. The largest absolute Gasteiger partial charge is 0.481 e. The Morgan fingerprint density at radius 2 is 1.76 bits per heavy atom. The number of hydrogen-bond acceptors (Lipinski definition) is 3. The predicted molar refractivity (Wildman–Crippen MR) is 80.6 cm³/mol. The van der Waals surface area contributed by atoms with Crippen LogP contribution in [0.1, 0.15) is 6.92 Å². The van der Waals surface area contributed by atoms with E-state index < -0.39 is 17.9 Å². The molecule has 2 aromatic rings. The molecule has 0 aliphatic heterocycles. The summed E-state index contributed by atoms with van der Waals surface area (Å²) in [6.07, 6.45) is 0. The summed E-state index contributed by atoms with van der Waals surface area (Å²) in [7, 11) is 0. The first-order chi connectivity index (χ1) is 9.99. The van der Waals surface area contributed by atoms with Crippen LogP contribution < -0.4 is 4.90 Å². The van der Waals surface area contributed by atoms with E-state index in [9.17, 15) is 9.59 Å². The summed E-state index contributed by atoms with van der Waals surface area (Å²) in [5, 5.41) is 20.0. The Morgan fingerprint density at radius 3 is 2.43 bits per heavy atom. The van der Waals surface area contributed by atoms with Gasteiger partial charge >= 0.3 is 11.9 Å². The normalized spacial score (nSPS) is 12.0. The van der Waals surface area contributed by atoms with Crippen LogP contribution in [0.5, 0.6) is 0 Å². The standard InChI is InChI=1S/C16H17NO4/c1-11(16(20)21)9-17(10-15(18)19)14-8-4-6-12-5-2-3-7-13(12)14/h2-8,11H,9-10H2,1H3,(H,18,19)(H,20,21). The van der Waals surface area contributed by atoms with Gasteiger partial charge in [0.1, 0.15) is 6.54 Å². The number of benzene rings is 2. The minimum Gasteiger partial charge on any atom is -0.481 e. The third-order valence-electron chi connectivity index (χ3n) is 3.35. The van der Waals surface area contributed by atoms with Gasteiger partial charge in [0.25, 0.3) is 0 Å². The van der Waals surface area contributed by atoms with Gasteiger partial charge in [0.15, 0.2) is 0 Å². The van der Waals surface area contributed by atoms with Crippen molar-refractivity contribution in [2.45, 2.75) is 6.92 Å². The van der Waals surface area contributed by atoms with Crippen LogP contribution in [0.25, 0.3) is 10.8 Å². The Kier molecular flexibility index (Phi) is 4.42. The Balaban J connectivity index is 2.43. The van der Waals surface area contributed by atoms with Crippen LogP contribution in [0.3, 0.4) is 0 Å². The molecule has 5 heteroatoms. The van der Waals surface area contributed by atoms with Gasteiger partial charge in [-0.2, -0.15) is 0 Å². The van der Waals surface area contributed by atoms with E-state index in [1.165, 1.54) is 0 Å². The lowest BCUT2D eigenvalue weighted by Gasteiger charge is -2.26. The van der Waals surface area contributed by atoms with E-state index >= 15 is 0 Å². The molecule has 0 spiro atoms. The molecule has 2 aromatic carbocycles. The van der Waals surface area contributed by atoms with Gasteiger partial charge in [0.2, 0.25) is 0 Å². The molecule has 1 unspecified atom stereocenters. The summed E-state index contributed by atoms with van der Waals surface area (Å²) < 4.78 is 0. The van der Waals surface area contributed by atoms with Crippen molar-refractivity contribution in [2.75, 3.05) is 18.0 Å². The Morgan fingerprint density at radius 1 is 1.10 bits per heavy atom. The lowest BCUT2D eigenvalue weighted by Crippen LogP contribution is -2.36. The fourth-order valence-electron chi connectivity index (χ4n) is 2.30. The van der Waals surface area contributed by atoms with Gasteiger partial charge in [-0.05, 0) is 11.5 Å². The number of hydrogen-bond donors (Lipinski definition) is 2. The van der Waals surface area contributed by atoms with E-state index in [2.05, 4.69) is 0 Å². The maximum Gasteiger partial charge on any atom is 0.323 e. The molecule has 0 heterocycles. The van der Waals surface area contributed by atoms with Crippen molar-refractivity contribution in [3.8, 4) is 0 Å². The van der Waals surface area contributed by atoms with Gasteiger partial charge in [-0.1, -0.05) is 43.3 Å². The molecule has 2 rings (SSSR count). The highest BCUT2D eigenvalue weighted by atomic mass is 16.4. The summed E-state index contributed by atoms with van der Waals surface area (Å²) in [6, 6.07) is 13.2. The molecular weight excluding hydrogens is 270 g/mol. The number of fused-ring (bicyclic) bond motifs is 1. The number of nitrogens with zero attached hydrogens (tertiary/aromatic N) is 1. The molecule has 0 bridgehead atoms. The molecule has 2 N–H and O–H groups in total. The lowest BCUT2D eigenvalue weighted by atomic mass is 10.1. The van der Waals surface area contributed by atoms with E-state index in [0.717, 1.165) is 16.5 Å². The average Bonchev–Trinajstić information content (AvgIpc) is 2.45. The van der Waals surface area contributed by atoms with Crippen molar-refractivity contribution >= 4 is 28.4 Å². The van der Waals surface area contributed by atoms with Gasteiger partial charge < -0.3 is 15.1 Å². The van der Waals surface area contributed by atoms with E-state index in [1.54, 1.807) is 11.8 Å². The average molecular weight is 287 g/mol. The van der Waals surface area contributed by atoms with Crippen LogP contribution >= 0.6 is 0 Å². The number of carboxylic acids is 2. The van der Waals surface area contributed by atoms with Crippen LogP contribution in [-0.2, 0) is 9.59 Å². The van der Waals surface area contributed by atoms with Crippen LogP contribution in [0.2, 0.25) is 0 Å². The number of rotatable bonds is 6. The second kappa shape index (κ2) is 6.26. The van der Waals surface area contributed by atoms with E-state index in [0.29, 0.717) is 0 Å². The molecule has 0 amide bonds. The summed E-state index contributed by atoms with van der Waals surface area (Å²) in [4.78, 5) is 23.7. The molecule has 0 radical (unpaired) electrons. The van der Waals surface area contributed by atoms with Gasteiger partial charge in [-0.15, -0.1) is 0 Å². The first-order valence-corrected chi connectivity index (χ1v) is 6.66. The first kappa shape index (κ1) is 14.8. The first-order valence-electron chi connectivity index (χ1n) is 6.66. The monoisotopic (exact) mass is 287 g/mol. The second-order valence-electron chi connectivity index (χ2n) is 5.01. The number of carbonyl (C=O) groups is 2. The van der Waals surface area contributed by atoms with Crippen LogP contribution in [0.15, 0.2) is 42.5 Å². The molecular formula is C16H17NO4. The van der Waals surface area contributed by atoms with E-state index in [1.807, 2.05) is 42.5 Å². The van der Waals surface area contributed by atoms with Gasteiger partial charge in [-0.3, -0.25) is 9.59 Å². The van der Waals surface area contributed by atoms with E-state index in [4.69, 9.17) is 10.2 Å². The highest BCUT2D eigenvalue weighted by Crippen LogP contribution is 2.27. The maximum absolute atomic E-state index is 11.1. The molecule has 0 fully saturated rings. The number of anilines is 1. The molecule has 110 valence electrons. The van der Waals surface area contributed by atoms with Crippen molar-refractivity contribution < 1.29 is 19.8 Å². The molecule has 0 saturated carbocycles. The smallest absolute Gasteiger partial charge is 0.323 e. The Hall–Kier alpha value is -2.56. The zero-order valence-electron chi connectivity index (χ0n) is 11.7. The lowest BCUT2D eigenvalue weighted by molar-refractivity contribution is -0.141. The van der Waals surface area contributed by atoms with Gasteiger partial charge in [0, 0.05) is 17.6 Å². The SMILES string of the molecule is CC(CN(CC(=O)O)c1cccc2ccccc12)C(=O)O. The third-order valence-corrected chi connectivity index (χ3v) is 3.35. The zero-order valence-corrected chi connectivity index (χ0v) is 11.7. The fourth-order valence-corrected chi connectivity index (χ4v) is 2.30. The Labute approximate surface area is 122 Å². The van der Waals surface area contributed by atoms with Crippen molar-refractivity contribution in [3.05, 3.63) is 42.5 Å². The molecule has 0 aromatic heterocycles. The van der Waals surface area contributed by atoms with Crippen molar-refractivity contribution in [3.63, 3.8) is 0 Å². The van der Waals surface area contributed by atoms with Crippen LogP contribution in [0, 0.1) is 5.92 Å². The second-order valence-corrected chi connectivity index (χ2v) is 5.01. The highest BCUT2D eigenvalue weighted by molar-refractivity contribution is 5.95. The fraction of sp³-hybridized carbons (Fsp3) is 0.250. The topological polar surface area (TPSA) is 77.8 Å². The van der Waals surface area contributed by atoms with Crippen molar-refractivity contribution in [1.82, 2.24) is 0 Å². The summed E-state index contributed by atoms with van der Waals surface area (Å²) >= 11 is 0. The quantitative estimate of drug-likeness (QED) is 0.853. The maximum atomic E-state index is 11.1. The number of carboxylic acid groups (broad SMARTS) is 2. The molecule has 21 heavy (non-hydrogen) atoms. The van der Waals surface area contributed by atoms with Crippen LogP contribution in [0.4, 0.5) is 5.69 Å². The van der Waals surface area contributed by atoms with Gasteiger partial charge in [-0.25, -0.2) is 0 Å². The molecule has 5 nitrogen and oxygen atoms in total. The Bertz CT molecular complexity index is 663. The van der Waals surface area contributed by atoms with Crippen molar-refractivity contribution in [2.24, 2.45) is 5.92 Å². The van der Waals surface area contributed by atoms with Crippen LogP contribution in [-0.4, -0.2) is 35.2 Å². The predicted octanol–water partition coefficient (Wildman–Crippen LogP) is 2.45. The van der Waals surface area contributed by atoms with E-state index in [-0.39, 0.29) is 13.1 Å².